The zero-order valence-electron chi connectivity index (χ0n) is 16.4. The third-order valence-electron chi connectivity index (χ3n) is 8.21. The van der Waals surface area contributed by atoms with Gasteiger partial charge in [0.05, 0.1) is 5.41 Å². The van der Waals surface area contributed by atoms with Crippen LogP contribution in [0, 0.1) is 29.0 Å². The minimum absolute atomic E-state index is 0.0893. The fourth-order valence-corrected chi connectivity index (χ4v) is 7.23. The van der Waals surface area contributed by atoms with E-state index in [9.17, 15) is 14.0 Å². The van der Waals surface area contributed by atoms with Crippen molar-refractivity contribution >= 4 is 11.8 Å². The van der Waals surface area contributed by atoms with E-state index in [0.29, 0.717) is 30.6 Å². The van der Waals surface area contributed by atoms with Crippen molar-refractivity contribution in [2.75, 3.05) is 6.61 Å². The smallest absolute Gasteiger partial charge is 0.316 e. The second-order valence-corrected chi connectivity index (χ2v) is 9.99. The lowest BCUT2D eigenvalue weighted by atomic mass is 9.48. The Morgan fingerprint density at radius 1 is 0.929 bits per heavy atom. The Bertz CT molecular complexity index is 740. The van der Waals surface area contributed by atoms with Crippen LogP contribution in [0.1, 0.15) is 69.8 Å². The fraction of sp³-hybridized carbons (Fsp3) is 0.667. The summed E-state index contributed by atoms with van der Waals surface area (Å²) in [6.45, 7) is -0.0893. The van der Waals surface area contributed by atoms with E-state index in [1.165, 1.54) is 31.4 Å². The summed E-state index contributed by atoms with van der Waals surface area (Å²) >= 11 is 0. The van der Waals surface area contributed by atoms with E-state index in [-0.39, 0.29) is 29.6 Å². The molecule has 0 N–H and O–H groups in total. The second-order valence-electron chi connectivity index (χ2n) is 9.99. The van der Waals surface area contributed by atoms with E-state index in [0.717, 1.165) is 37.7 Å². The van der Waals surface area contributed by atoms with Crippen LogP contribution in [0.3, 0.4) is 0 Å². The Kier molecular flexibility index (Phi) is 4.37. The molecule has 0 atom stereocenters. The molecular formula is C24H29FO3. The second kappa shape index (κ2) is 6.67. The number of rotatable bonds is 5. The monoisotopic (exact) mass is 384 g/mol. The molecule has 28 heavy (non-hydrogen) atoms. The van der Waals surface area contributed by atoms with E-state index in [2.05, 4.69) is 0 Å². The lowest BCUT2D eigenvalue weighted by Gasteiger charge is -2.55. The molecule has 0 aliphatic heterocycles. The fourth-order valence-electron chi connectivity index (χ4n) is 7.23. The van der Waals surface area contributed by atoms with E-state index < -0.39 is 5.41 Å². The highest BCUT2D eigenvalue weighted by Gasteiger charge is 2.54. The molecule has 0 unspecified atom stereocenters. The van der Waals surface area contributed by atoms with Crippen molar-refractivity contribution in [3.63, 3.8) is 0 Å². The first kappa shape index (κ1) is 18.3. The number of ketones is 1. The normalized spacial score (nSPS) is 35.1. The van der Waals surface area contributed by atoms with Gasteiger partial charge in [0.15, 0.2) is 12.4 Å². The van der Waals surface area contributed by atoms with Crippen LogP contribution in [-0.4, -0.2) is 18.4 Å². The predicted octanol–water partition coefficient (Wildman–Crippen LogP) is 4.97. The topological polar surface area (TPSA) is 43.4 Å². The van der Waals surface area contributed by atoms with Crippen molar-refractivity contribution in [2.24, 2.45) is 23.2 Å². The van der Waals surface area contributed by atoms with E-state index in [1.807, 2.05) is 0 Å². The molecule has 0 radical (unpaired) electrons. The van der Waals surface area contributed by atoms with Gasteiger partial charge in [0.25, 0.3) is 0 Å². The van der Waals surface area contributed by atoms with Crippen molar-refractivity contribution < 1.29 is 18.7 Å². The van der Waals surface area contributed by atoms with Crippen LogP contribution >= 0.6 is 0 Å². The number of esters is 1. The molecule has 0 amide bonds. The van der Waals surface area contributed by atoms with Gasteiger partial charge in [0.2, 0.25) is 0 Å². The summed E-state index contributed by atoms with van der Waals surface area (Å²) in [4.78, 5) is 26.3. The summed E-state index contributed by atoms with van der Waals surface area (Å²) in [5.41, 5.74) is -0.123. The molecule has 1 aromatic rings. The Hall–Kier alpha value is -1.71. The average molecular weight is 384 g/mol. The molecule has 3 nitrogen and oxygen atoms in total. The minimum Gasteiger partial charge on any atom is -0.457 e. The number of carbonyl (C=O) groups is 2. The maximum Gasteiger partial charge on any atom is 0.316 e. The minimum atomic E-state index is -0.713. The van der Waals surface area contributed by atoms with Gasteiger partial charge in [0.1, 0.15) is 5.82 Å². The standard InChI is InChI=1S/C24H29FO3/c25-20-5-3-19(4-6-20)24(7-1-2-8-24)22(27)28-15-21(26)23-12-16-9-17(13-23)11-18(10-16)14-23/h3-6,16-18H,1-2,7-15H2. The molecule has 5 fully saturated rings. The van der Waals surface area contributed by atoms with Crippen LogP contribution in [0.15, 0.2) is 24.3 Å². The van der Waals surface area contributed by atoms with Gasteiger partial charge >= 0.3 is 5.97 Å². The van der Waals surface area contributed by atoms with E-state index in [4.69, 9.17) is 4.74 Å². The van der Waals surface area contributed by atoms with Crippen molar-refractivity contribution in [1.82, 2.24) is 0 Å². The van der Waals surface area contributed by atoms with Crippen LogP contribution in [-0.2, 0) is 19.7 Å². The van der Waals surface area contributed by atoms with Crippen LogP contribution in [0.2, 0.25) is 0 Å². The van der Waals surface area contributed by atoms with E-state index in [1.54, 1.807) is 12.1 Å². The summed E-state index contributed by atoms with van der Waals surface area (Å²) < 4.78 is 19.0. The molecule has 1 aromatic carbocycles. The zero-order valence-corrected chi connectivity index (χ0v) is 16.4. The number of benzene rings is 1. The Labute approximate surface area is 166 Å². The maximum absolute atomic E-state index is 13.4. The van der Waals surface area contributed by atoms with Gasteiger partial charge in [-0.25, -0.2) is 4.39 Å². The highest BCUT2D eigenvalue weighted by atomic mass is 19.1. The lowest BCUT2D eigenvalue weighted by molar-refractivity contribution is -0.161. The molecule has 6 rings (SSSR count). The zero-order chi connectivity index (χ0) is 19.4. The summed E-state index contributed by atoms with van der Waals surface area (Å²) in [5.74, 6) is 1.65. The number of hydrogen-bond donors (Lipinski definition) is 0. The molecule has 5 saturated carbocycles. The van der Waals surface area contributed by atoms with Crippen LogP contribution < -0.4 is 0 Å². The number of carbonyl (C=O) groups excluding carboxylic acids is 2. The van der Waals surface area contributed by atoms with Crippen LogP contribution in [0.25, 0.3) is 0 Å². The van der Waals surface area contributed by atoms with Crippen molar-refractivity contribution in [1.29, 1.82) is 0 Å². The Morgan fingerprint density at radius 3 is 2.00 bits per heavy atom. The summed E-state index contributed by atoms with van der Waals surface area (Å²) in [7, 11) is 0. The SMILES string of the molecule is O=C(COC(=O)C1(c2ccc(F)cc2)CCCC1)C12CC3CC(CC(C3)C1)C2. The highest BCUT2D eigenvalue weighted by Crippen LogP contribution is 2.60. The van der Waals surface area contributed by atoms with Gasteiger partial charge in [-0.3, -0.25) is 9.59 Å². The molecule has 150 valence electrons. The summed E-state index contributed by atoms with van der Waals surface area (Å²) in [6, 6.07) is 6.21. The molecule has 0 spiro atoms. The molecule has 4 bridgehead atoms. The number of hydrogen-bond acceptors (Lipinski definition) is 3. The van der Waals surface area contributed by atoms with Crippen LogP contribution in [0.4, 0.5) is 4.39 Å². The van der Waals surface area contributed by atoms with Gasteiger partial charge in [0, 0.05) is 5.41 Å². The third-order valence-corrected chi connectivity index (χ3v) is 8.21. The van der Waals surface area contributed by atoms with Gasteiger partial charge in [-0.05, 0) is 86.8 Å². The van der Waals surface area contributed by atoms with Crippen molar-refractivity contribution in [3.05, 3.63) is 35.6 Å². The average Bonchev–Trinajstić information content (AvgIpc) is 3.16. The first-order valence-electron chi connectivity index (χ1n) is 11.0. The third kappa shape index (κ3) is 2.91. The molecule has 5 aliphatic carbocycles. The van der Waals surface area contributed by atoms with Gasteiger partial charge in [-0.2, -0.15) is 0 Å². The highest BCUT2D eigenvalue weighted by molar-refractivity contribution is 5.90. The molecule has 0 saturated heterocycles. The number of halogens is 1. The Balaban J connectivity index is 1.30. The quantitative estimate of drug-likeness (QED) is 0.674. The van der Waals surface area contributed by atoms with Gasteiger partial charge in [-0.1, -0.05) is 25.0 Å². The molecule has 4 heteroatoms. The van der Waals surface area contributed by atoms with Gasteiger partial charge in [-0.15, -0.1) is 0 Å². The predicted molar refractivity (Wildman–Crippen MR) is 103 cm³/mol. The summed E-state index contributed by atoms with van der Waals surface area (Å²) in [5, 5.41) is 0. The molecular weight excluding hydrogens is 355 g/mol. The largest absolute Gasteiger partial charge is 0.457 e. The van der Waals surface area contributed by atoms with Crippen molar-refractivity contribution in [2.45, 2.75) is 69.6 Å². The van der Waals surface area contributed by atoms with Crippen LogP contribution in [0.5, 0.6) is 0 Å². The first-order chi connectivity index (χ1) is 13.5. The van der Waals surface area contributed by atoms with Gasteiger partial charge < -0.3 is 4.74 Å². The molecule has 5 aliphatic rings. The maximum atomic E-state index is 13.4. The first-order valence-corrected chi connectivity index (χ1v) is 11.0. The Morgan fingerprint density at radius 2 is 1.46 bits per heavy atom. The number of ether oxygens (including phenoxy) is 1. The summed E-state index contributed by atoms with van der Waals surface area (Å²) in [6.07, 6.45) is 10.2. The van der Waals surface area contributed by atoms with Crippen molar-refractivity contribution in [3.8, 4) is 0 Å². The molecule has 0 aromatic heterocycles. The van der Waals surface area contributed by atoms with E-state index >= 15 is 0 Å². The molecule has 0 heterocycles. The number of Topliss-reactive ketones (excluding diaryl/α,β-unsaturated/α-hetero) is 1. The lowest BCUT2D eigenvalue weighted by Crippen LogP contribution is -2.51.